The van der Waals surface area contributed by atoms with Crippen LogP contribution in [-0.2, 0) is 0 Å². The van der Waals surface area contributed by atoms with Crippen LogP contribution in [0.2, 0.25) is 0 Å². The van der Waals surface area contributed by atoms with Crippen LogP contribution in [-0.4, -0.2) is 63.1 Å². The first-order valence-electron chi connectivity index (χ1n) is 6.24. The lowest BCUT2D eigenvalue weighted by atomic mass is 10.3. The maximum absolute atomic E-state index is 12.0. The largest absolute Gasteiger partial charge is 0.344 e. The zero-order valence-electron chi connectivity index (χ0n) is 11.5. The van der Waals surface area contributed by atoms with Crippen LogP contribution >= 0.6 is 11.3 Å². The van der Waals surface area contributed by atoms with Crippen LogP contribution in [0.5, 0.6) is 0 Å². The number of piperazine rings is 1. The van der Waals surface area contributed by atoms with E-state index >= 15 is 0 Å². The van der Waals surface area contributed by atoms with Gasteiger partial charge >= 0.3 is 0 Å². The fourth-order valence-electron chi connectivity index (χ4n) is 2.00. The highest BCUT2D eigenvalue weighted by Gasteiger charge is 2.23. The van der Waals surface area contributed by atoms with Gasteiger partial charge in [-0.25, -0.2) is 4.98 Å². The van der Waals surface area contributed by atoms with Crippen LogP contribution in [0.25, 0.3) is 0 Å². The normalized spacial score (nSPS) is 17.0. The topological polar surface area (TPSA) is 40.9 Å². The molecule has 0 unspecified atom stereocenters. The van der Waals surface area contributed by atoms with Gasteiger partial charge < -0.3 is 14.7 Å². The Morgan fingerprint density at radius 2 is 2.00 bits per heavy atom. The highest BCUT2D eigenvalue weighted by Crippen LogP contribution is 2.26. The Balaban J connectivity index is 2.16. The summed E-state index contributed by atoms with van der Waals surface area (Å²) in [4.78, 5) is 22.8. The Hall–Kier alpha value is -1.14. The van der Waals surface area contributed by atoms with E-state index < -0.39 is 0 Å². The maximum Gasteiger partial charge on any atom is 0.265 e. The molecule has 1 aliphatic heterocycles. The zero-order valence-corrected chi connectivity index (χ0v) is 12.3. The molecule has 0 atom stereocenters. The van der Waals surface area contributed by atoms with Crippen molar-refractivity contribution in [2.75, 3.05) is 52.2 Å². The summed E-state index contributed by atoms with van der Waals surface area (Å²) < 4.78 is 0. The molecule has 1 aromatic heterocycles. The Morgan fingerprint density at radius 1 is 1.39 bits per heavy atom. The van der Waals surface area contributed by atoms with Gasteiger partial charge in [0.25, 0.3) is 5.91 Å². The molecule has 1 saturated heterocycles. The number of thiazole rings is 1. The average molecular weight is 269 g/mol. The third-order valence-corrected chi connectivity index (χ3v) is 4.48. The van der Waals surface area contributed by atoms with E-state index in [-0.39, 0.29) is 5.91 Å². The van der Waals surface area contributed by atoms with Gasteiger partial charge in [-0.1, -0.05) is 11.3 Å². The van der Waals surface area contributed by atoms with Gasteiger partial charge in [-0.3, -0.25) is 4.79 Å². The summed E-state index contributed by atoms with van der Waals surface area (Å²) in [6, 6.07) is 0. The number of carbonyl (C=O) groups is 1. The number of nitrogens with zero attached hydrogens (tertiary/aromatic N) is 3. The van der Waals surface area contributed by atoms with Crippen LogP contribution in [0, 0.1) is 6.92 Å². The Morgan fingerprint density at radius 3 is 2.56 bits per heavy atom. The second-order valence-electron chi connectivity index (χ2n) is 5.05. The Bertz CT molecular complexity index is 435. The molecule has 1 aliphatic rings. The molecule has 2 rings (SSSR count). The minimum atomic E-state index is 0.0519. The summed E-state index contributed by atoms with van der Waals surface area (Å²) in [6.45, 7) is 6.23. The van der Waals surface area contributed by atoms with Crippen LogP contribution in [0.1, 0.15) is 15.4 Å². The molecular formula is C12H21N4OS+. The summed E-state index contributed by atoms with van der Waals surface area (Å²) in [6.07, 6.45) is 0. The van der Waals surface area contributed by atoms with E-state index in [0.29, 0.717) is 0 Å². The molecular weight excluding hydrogens is 248 g/mol. The Kier molecular flexibility index (Phi) is 3.87. The Labute approximate surface area is 112 Å². The molecule has 0 radical (unpaired) electrons. The quantitative estimate of drug-likeness (QED) is 0.786. The highest BCUT2D eigenvalue weighted by molar-refractivity contribution is 7.17. The number of amides is 1. The number of aromatic nitrogens is 1. The lowest BCUT2D eigenvalue weighted by Gasteiger charge is -2.29. The van der Waals surface area contributed by atoms with Gasteiger partial charge in [0, 0.05) is 14.1 Å². The van der Waals surface area contributed by atoms with Crippen molar-refractivity contribution in [3.05, 3.63) is 10.6 Å². The molecule has 0 bridgehead atoms. The van der Waals surface area contributed by atoms with Gasteiger partial charge in [0.2, 0.25) is 0 Å². The first kappa shape index (κ1) is 13.3. The van der Waals surface area contributed by atoms with Crippen molar-refractivity contribution >= 4 is 22.4 Å². The first-order chi connectivity index (χ1) is 8.49. The van der Waals surface area contributed by atoms with E-state index in [0.717, 1.165) is 41.9 Å². The van der Waals surface area contributed by atoms with E-state index in [1.807, 2.05) is 6.92 Å². The molecule has 2 heterocycles. The van der Waals surface area contributed by atoms with Crippen molar-refractivity contribution in [1.82, 2.24) is 9.88 Å². The first-order valence-corrected chi connectivity index (χ1v) is 7.06. The number of aryl methyl sites for hydroxylation is 1. The zero-order chi connectivity index (χ0) is 13.3. The molecule has 1 aromatic rings. The molecule has 0 aromatic carbocycles. The fraction of sp³-hybridized carbons (Fsp3) is 0.667. The molecule has 6 heteroatoms. The van der Waals surface area contributed by atoms with E-state index in [9.17, 15) is 4.79 Å². The SMILES string of the molecule is Cc1nc(N2CC[NH+](C)CC2)sc1C(=O)N(C)C. The number of likely N-dealkylation sites (N-methyl/N-ethyl adjacent to an activating group) is 1. The predicted octanol–water partition coefficient (Wildman–Crippen LogP) is -0.512. The molecule has 18 heavy (non-hydrogen) atoms. The van der Waals surface area contributed by atoms with Crippen LogP contribution in [0.15, 0.2) is 0 Å². The van der Waals surface area contributed by atoms with Crippen molar-refractivity contribution in [1.29, 1.82) is 0 Å². The van der Waals surface area contributed by atoms with E-state index in [2.05, 4.69) is 16.9 Å². The van der Waals surface area contributed by atoms with Crippen LogP contribution in [0.3, 0.4) is 0 Å². The molecule has 0 spiro atoms. The van der Waals surface area contributed by atoms with Crippen molar-refractivity contribution in [2.24, 2.45) is 0 Å². The minimum absolute atomic E-state index is 0.0519. The summed E-state index contributed by atoms with van der Waals surface area (Å²) in [5, 5.41) is 0.991. The van der Waals surface area contributed by atoms with Crippen molar-refractivity contribution < 1.29 is 9.69 Å². The molecule has 1 amide bonds. The summed E-state index contributed by atoms with van der Waals surface area (Å²) >= 11 is 1.52. The smallest absolute Gasteiger partial charge is 0.265 e. The number of quaternary nitrogens is 1. The fourth-order valence-corrected chi connectivity index (χ4v) is 3.14. The van der Waals surface area contributed by atoms with Gasteiger partial charge in [-0.05, 0) is 6.92 Å². The monoisotopic (exact) mass is 269 g/mol. The van der Waals surface area contributed by atoms with E-state index in [1.54, 1.807) is 23.9 Å². The van der Waals surface area contributed by atoms with Crippen LogP contribution in [0.4, 0.5) is 5.13 Å². The van der Waals surface area contributed by atoms with Crippen LogP contribution < -0.4 is 9.80 Å². The molecule has 1 N–H and O–H groups in total. The third-order valence-electron chi connectivity index (χ3n) is 3.27. The van der Waals surface area contributed by atoms with Gasteiger partial charge in [0.1, 0.15) is 4.88 Å². The van der Waals surface area contributed by atoms with Gasteiger partial charge in [0.15, 0.2) is 5.13 Å². The minimum Gasteiger partial charge on any atom is -0.344 e. The van der Waals surface area contributed by atoms with Gasteiger partial charge in [0.05, 0.1) is 38.9 Å². The van der Waals surface area contributed by atoms with Crippen molar-refractivity contribution in [3.63, 3.8) is 0 Å². The average Bonchev–Trinajstić information content (AvgIpc) is 2.71. The highest BCUT2D eigenvalue weighted by atomic mass is 32.1. The number of hydrogen-bond donors (Lipinski definition) is 1. The van der Waals surface area contributed by atoms with E-state index in [1.165, 1.54) is 11.3 Å². The summed E-state index contributed by atoms with van der Waals surface area (Å²) in [5.74, 6) is 0.0519. The predicted molar refractivity (Wildman–Crippen MR) is 73.7 cm³/mol. The number of rotatable bonds is 2. The second kappa shape index (κ2) is 5.24. The lowest BCUT2D eigenvalue weighted by Crippen LogP contribution is -3.12. The summed E-state index contributed by atoms with van der Waals surface area (Å²) in [7, 11) is 5.77. The van der Waals surface area contributed by atoms with E-state index in [4.69, 9.17) is 0 Å². The van der Waals surface area contributed by atoms with Gasteiger partial charge in [-0.2, -0.15) is 0 Å². The molecule has 5 nitrogen and oxygen atoms in total. The summed E-state index contributed by atoms with van der Waals surface area (Å²) in [5.41, 5.74) is 0.847. The van der Waals surface area contributed by atoms with Gasteiger partial charge in [-0.15, -0.1) is 0 Å². The number of hydrogen-bond acceptors (Lipinski definition) is 4. The van der Waals surface area contributed by atoms with Crippen molar-refractivity contribution in [2.45, 2.75) is 6.92 Å². The number of carbonyl (C=O) groups excluding carboxylic acids is 1. The molecule has 1 fully saturated rings. The van der Waals surface area contributed by atoms with Crippen molar-refractivity contribution in [3.8, 4) is 0 Å². The molecule has 0 aliphatic carbocycles. The second-order valence-corrected chi connectivity index (χ2v) is 6.03. The lowest BCUT2D eigenvalue weighted by molar-refractivity contribution is -0.880. The maximum atomic E-state index is 12.0. The number of anilines is 1. The third kappa shape index (κ3) is 2.64. The standard InChI is InChI=1S/C12H20N4OS/c1-9-10(11(17)14(2)3)18-12(13-9)16-7-5-15(4)6-8-16/h5-8H2,1-4H3/p+1. The molecule has 0 saturated carbocycles. The number of nitrogens with one attached hydrogen (secondary N) is 1. The molecule has 100 valence electrons.